The number of hydrogen-bond acceptors (Lipinski definition) is 5. The zero-order valence-corrected chi connectivity index (χ0v) is 14.8. The molecule has 0 bridgehead atoms. The van der Waals surface area contributed by atoms with E-state index in [1.165, 1.54) is 24.0 Å². The summed E-state index contributed by atoms with van der Waals surface area (Å²) in [7, 11) is 0. The summed E-state index contributed by atoms with van der Waals surface area (Å²) in [6, 6.07) is 12.4. The molecule has 0 unspecified atom stereocenters. The number of rotatable bonds is 5. The third kappa shape index (κ3) is 5.31. The number of nitrogens with two attached hydrogens (primary N) is 1. The van der Waals surface area contributed by atoms with E-state index >= 15 is 0 Å². The van der Waals surface area contributed by atoms with Crippen molar-refractivity contribution < 1.29 is 4.92 Å². The zero-order valence-electron chi connectivity index (χ0n) is 11.6. The lowest BCUT2D eigenvalue weighted by Crippen LogP contribution is -2.23. The molecule has 0 aliphatic carbocycles. The minimum Gasteiger partial charge on any atom is -0.375 e. The van der Waals surface area contributed by atoms with Crippen LogP contribution in [-0.4, -0.2) is 16.3 Å². The van der Waals surface area contributed by atoms with Gasteiger partial charge in [-0.1, -0.05) is 33.8 Å². The molecule has 6 nitrogen and oxygen atoms in total. The first kappa shape index (κ1) is 17.4. The number of hydrazone groups is 1. The largest absolute Gasteiger partial charge is 0.375 e. The zero-order chi connectivity index (χ0) is 16.8. The van der Waals surface area contributed by atoms with Gasteiger partial charge in [0.25, 0.3) is 5.69 Å². The number of nitrogens with zero attached hydrogens (tertiary/aromatic N) is 2. The summed E-state index contributed by atoms with van der Waals surface area (Å²) >= 11 is 9.30. The SMILES string of the molecule is NC(=S)NN=Cc1ccc(Sc2ccc(Br)cc2)c([N+](=O)[O-])c1. The number of nitro benzene ring substituents is 1. The fourth-order valence-corrected chi connectivity index (χ4v) is 2.86. The van der Waals surface area contributed by atoms with Crippen LogP contribution >= 0.6 is 39.9 Å². The van der Waals surface area contributed by atoms with Crippen LogP contribution in [0.2, 0.25) is 0 Å². The Bertz CT molecular complexity index is 766. The predicted octanol–water partition coefficient (Wildman–Crippen LogP) is 3.68. The van der Waals surface area contributed by atoms with Crippen molar-refractivity contribution in [3.63, 3.8) is 0 Å². The smallest absolute Gasteiger partial charge is 0.283 e. The number of nitrogens with one attached hydrogen (secondary N) is 1. The van der Waals surface area contributed by atoms with Crippen molar-refractivity contribution in [2.45, 2.75) is 9.79 Å². The van der Waals surface area contributed by atoms with Crippen molar-refractivity contribution in [2.75, 3.05) is 0 Å². The van der Waals surface area contributed by atoms with Crippen LogP contribution in [0.3, 0.4) is 0 Å². The maximum absolute atomic E-state index is 11.3. The quantitative estimate of drug-likeness (QED) is 0.338. The number of halogens is 1. The van der Waals surface area contributed by atoms with E-state index in [0.717, 1.165) is 9.37 Å². The Balaban J connectivity index is 2.25. The topological polar surface area (TPSA) is 93.5 Å². The lowest BCUT2D eigenvalue weighted by molar-refractivity contribution is -0.387. The van der Waals surface area contributed by atoms with E-state index in [1.807, 2.05) is 24.3 Å². The fourth-order valence-electron chi connectivity index (χ4n) is 1.64. The monoisotopic (exact) mass is 410 g/mol. The van der Waals surface area contributed by atoms with Gasteiger partial charge in [-0.15, -0.1) is 0 Å². The van der Waals surface area contributed by atoms with E-state index in [9.17, 15) is 10.1 Å². The molecule has 23 heavy (non-hydrogen) atoms. The lowest BCUT2D eigenvalue weighted by atomic mass is 10.2. The van der Waals surface area contributed by atoms with Gasteiger partial charge in [-0.05, 0) is 42.5 Å². The molecule has 3 N–H and O–H groups in total. The van der Waals surface area contributed by atoms with Crippen LogP contribution in [0.1, 0.15) is 5.56 Å². The number of benzene rings is 2. The Morgan fingerprint density at radius 1 is 1.35 bits per heavy atom. The molecule has 0 radical (unpaired) electrons. The van der Waals surface area contributed by atoms with E-state index in [1.54, 1.807) is 12.1 Å². The van der Waals surface area contributed by atoms with Gasteiger partial charge in [0.1, 0.15) is 0 Å². The highest BCUT2D eigenvalue weighted by atomic mass is 79.9. The van der Waals surface area contributed by atoms with Crippen molar-refractivity contribution in [1.29, 1.82) is 0 Å². The standard InChI is InChI=1S/C14H11BrN4O2S2/c15-10-2-4-11(5-3-10)23-13-6-1-9(7-12(13)19(20)21)8-17-18-14(16)22/h1-8H,(H3,16,18,22). The van der Waals surface area contributed by atoms with Gasteiger partial charge in [0, 0.05) is 21.0 Å². The molecule has 0 spiro atoms. The second-order valence-corrected chi connectivity index (χ2v) is 6.75. The highest BCUT2D eigenvalue weighted by molar-refractivity contribution is 9.10. The van der Waals surface area contributed by atoms with Crippen molar-refractivity contribution in [3.8, 4) is 0 Å². The normalized spacial score (nSPS) is 10.7. The van der Waals surface area contributed by atoms with Crippen LogP contribution in [0.15, 0.2) is 61.8 Å². The van der Waals surface area contributed by atoms with Gasteiger partial charge in [0.2, 0.25) is 0 Å². The van der Waals surface area contributed by atoms with Crippen LogP contribution in [0.4, 0.5) is 5.69 Å². The molecule has 9 heteroatoms. The molecule has 0 aromatic heterocycles. The van der Waals surface area contributed by atoms with Gasteiger partial charge in [-0.2, -0.15) is 5.10 Å². The molecule has 0 atom stereocenters. The first-order valence-corrected chi connectivity index (χ1v) is 8.28. The predicted molar refractivity (Wildman–Crippen MR) is 98.9 cm³/mol. The summed E-state index contributed by atoms with van der Waals surface area (Å²) in [5, 5.41) is 15.1. The Hall–Kier alpha value is -1.97. The number of hydrogen-bond donors (Lipinski definition) is 2. The van der Waals surface area contributed by atoms with Crippen molar-refractivity contribution >= 4 is 56.9 Å². The van der Waals surface area contributed by atoms with Gasteiger partial charge in [-0.3, -0.25) is 15.5 Å². The van der Waals surface area contributed by atoms with Crippen LogP contribution in [-0.2, 0) is 0 Å². The highest BCUT2D eigenvalue weighted by Gasteiger charge is 2.15. The molecule has 0 fully saturated rings. The minimum absolute atomic E-state index is 0.0113. The van der Waals surface area contributed by atoms with Gasteiger partial charge in [0.15, 0.2) is 5.11 Å². The van der Waals surface area contributed by atoms with Crippen LogP contribution in [0.5, 0.6) is 0 Å². The summed E-state index contributed by atoms with van der Waals surface area (Å²) in [5.41, 5.74) is 8.23. The first-order valence-electron chi connectivity index (χ1n) is 6.26. The molecule has 0 saturated heterocycles. The third-order valence-corrected chi connectivity index (χ3v) is 4.30. The molecule has 0 aliphatic heterocycles. The number of nitro groups is 1. The molecular formula is C14H11BrN4O2S2. The summed E-state index contributed by atoms with van der Waals surface area (Å²) < 4.78 is 0.952. The van der Waals surface area contributed by atoms with E-state index in [4.69, 9.17) is 5.73 Å². The van der Waals surface area contributed by atoms with Gasteiger partial charge < -0.3 is 5.73 Å². The Morgan fingerprint density at radius 3 is 2.65 bits per heavy atom. The second-order valence-electron chi connectivity index (χ2n) is 4.27. The van der Waals surface area contributed by atoms with Gasteiger partial charge in [0.05, 0.1) is 16.0 Å². The lowest BCUT2D eigenvalue weighted by Gasteiger charge is -2.04. The van der Waals surface area contributed by atoms with Crippen molar-refractivity contribution in [2.24, 2.45) is 10.8 Å². The molecule has 0 saturated carbocycles. The summed E-state index contributed by atoms with van der Waals surface area (Å²) in [6.07, 6.45) is 1.42. The fraction of sp³-hybridized carbons (Fsp3) is 0. The van der Waals surface area contributed by atoms with E-state index < -0.39 is 4.92 Å². The van der Waals surface area contributed by atoms with Crippen LogP contribution in [0, 0.1) is 10.1 Å². The highest BCUT2D eigenvalue weighted by Crippen LogP contribution is 2.35. The summed E-state index contributed by atoms with van der Waals surface area (Å²) in [5.74, 6) is 0. The van der Waals surface area contributed by atoms with E-state index in [-0.39, 0.29) is 10.8 Å². The first-order chi connectivity index (χ1) is 11.0. The molecule has 2 aromatic rings. The molecule has 0 aliphatic rings. The average Bonchev–Trinajstić information content (AvgIpc) is 2.50. The van der Waals surface area contributed by atoms with Gasteiger partial charge >= 0.3 is 0 Å². The van der Waals surface area contributed by atoms with Gasteiger partial charge in [-0.25, -0.2) is 0 Å². The molecule has 2 aromatic carbocycles. The maximum Gasteiger partial charge on any atom is 0.283 e. The van der Waals surface area contributed by atoms with Crippen LogP contribution in [0.25, 0.3) is 0 Å². The Labute approximate surface area is 150 Å². The van der Waals surface area contributed by atoms with Crippen LogP contribution < -0.4 is 11.2 Å². The Kier molecular flexibility index (Phi) is 6.08. The molecule has 0 amide bonds. The summed E-state index contributed by atoms with van der Waals surface area (Å²) in [6.45, 7) is 0. The average molecular weight is 411 g/mol. The van der Waals surface area contributed by atoms with Crippen molar-refractivity contribution in [3.05, 3.63) is 62.6 Å². The molecule has 118 valence electrons. The maximum atomic E-state index is 11.3. The third-order valence-electron chi connectivity index (χ3n) is 2.61. The summed E-state index contributed by atoms with van der Waals surface area (Å²) in [4.78, 5) is 12.3. The minimum atomic E-state index is -0.417. The van der Waals surface area contributed by atoms with Crippen molar-refractivity contribution in [1.82, 2.24) is 5.43 Å². The molecule has 2 rings (SSSR count). The molecule has 0 heterocycles. The Morgan fingerprint density at radius 2 is 2.04 bits per heavy atom. The molecular weight excluding hydrogens is 400 g/mol. The van der Waals surface area contributed by atoms with E-state index in [0.29, 0.717) is 10.5 Å². The second kappa shape index (κ2) is 8.04. The van der Waals surface area contributed by atoms with E-state index in [2.05, 4.69) is 38.7 Å². The number of thiocarbonyl (C=S) groups is 1.